The molecule has 0 fully saturated rings. The molecular formula is C26H24N5O4S+. The summed E-state index contributed by atoms with van der Waals surface area (Å²) in [6, 6.07) is 13.9. The normalized spacial score (nSPS) is 17.2. The molecule has 0 radical (unpaired) electrons. The zero-order valence-electron chi connectivity index (χ0n) is 19.8. The Hall–Kier alpha value is -4.05. The van der Waals surface area contributed by atoms with Crippen LogP contribution in [0.25, 0.3) is 5.65 Å². The molecule has 4 heterocycles. The molecule has 1 aromatic carbocycles. The topological polar surface area (TPSA) is 104 Å². The highest BCUT2D eigenvalue weighted by molar-refractivity contribution is 8.04. The summed E-state index contributed by atoms with van der Waals surface area (Å²) < 4.78 is 2.92. The lowest BCUT2D eigenvalue weighted by Gasteiger charge is -2.24. The fraction of sp³-hybridized carbons (Fsp3) is 0.231. The quantitative estimate of drug-likeness (QED) is 0.518. The molecule has 1 N–H and O–H groups in total. The van der Waals surface area contributed by atoms with Gasteiger partial charge in [0.15, 0.2) is 11.8 Å². The number of carbonyl (C=O) groups excluding carboxylic acids is 3. The Balaban J connectivity index is 1.38. The first-order valence-corrected chi connectivity index (χ1v) is 12.4. The predicted molar refractivity (Wildman–Crippen MR) is 136 cm³/mol. The molecule has 5 rings (SSSR count). The van der Waals surface area contributed by atoms with E-state index in [0.29, 0.717) is 23.6 Å². The van der Waals surface area contributed by atoms with E-state index in [1.807, 2.05) is 50.2 Å². The second-order valence-electron chi connectivity index (χ2n) is 8.75. The summed E-state index contributed by atoms with van der Waals surface area (Å²) in [6.45, 7) is 3.70. The SMILES string of the molecule is Cc1ccc(CNC(=O)CN2C(=O)C3SC=CC3=[N+](Cc3cc(=O)n4c(C)cccc4n3)C2=O)cc1. The summed E-state index contributed by atoms with van der Waals surface area (Å²) in [6.07, 6.45) is 1.72. The number of carbonyl (C=O) groups is 3. The van der Waals surface area contributed by atoms with Crippen molar-refractivity contribution in [2.45, 2.75) is 32.2 Å². The molecule has 0 saturated carbocycles. The first-order valence-electron chi connectivity index (χ1n) is 11.4. The minimum absolute atomic E-state index is 0.00398. The van der Waals surface area contributed by atoms with Gasteiger partial charge in [-0.15, -0.1) is 16.7 Å². The Morgan fingerprint density at radius 1 is 1.11 bits per heavy atom. The second-order valence-corrected chi connectivity index (χ2v) is 9.76. The Labute approximate surface area is 211 Å². The van der Waals surface area contributed by atoms with Crippen LogP contribution in [0.15, 0.2) is 64.8 Å². The number of aryl methyl sites for hydroxylation is 2. The van der Waals surface area contributed by atoms with E-state index in [1.165, 1.54) is 26.8 Å². The van der Waals surface area contributed by atoms with Gasteiger partial charge in [-0.1, -0.05) is 35.9 Å². The van der Waals surface area contributed by atoms with E-state index in [1.54, 1.807) is 17.6 Å². The van der Waals surface area contributed by atoms with Crippen molar-refractivity contribution in [3.8, 4) is 0 Å². The van der Waals surface area contributed by atoms with Crippen LogP contribution in [0, 0.1) is 13.8 Å². The molecule has 0 spiro atoms. The zero-order valence-corrected chi connectivity index (χ0v) is 20.6. The maximum Gasteiger partial charge on any atom is 0.501 e. The molecule has 2 aliphatic rings. The Morgan fingerprint density at radius 2 is 1.89 bits per heavy atom. The standard InChI is InChI=1S/C26H23N5O4S/c1-16-6-8-18(9-7-16)13-27-22(32)15-30-25(34)24-20(10-11-36-24)29(26(30)35)14-19-12-23(33)31-17(2)4-3-5-21(31)28-19/h3-12,24H,13-15H2,1-2H3/p+1. The molecule has 0 saturated heterocycles. The summed E-state index contributed by atoms with van der Waals surface area (Å²) in [7, 11) is 0. The number of rotatable bonds is 6. The number of amides is 4. The lowest BCUT2D eigenvalue weighted by molar-refractivity contribution is -0.455. The number of urea groups is 1. The molecule has 2 aromatic heterocycles. The molecule has 36 heavy (non-hydrogen) atoms. The fourth-order valence-electron chi connectivity index (χ4n) is 4.27. The molecular weight excluding hydrogens is 478 g/mol. The summed E-state index contributed by atoms with van der Waals surface area (Å²) in [4.78, 5) is 57.4. The molecule has 0 aliphatic carbocycles. The number of imide groups is 1. The van der Waals surface area contributed by atoms with Crippen molar-refractivity contribution in [2.24, 2.45) is 0 Å². The number of nitrogens with zero attached hydrogens (tertiary/aromatic N) is 4. The van der Waals surface area contributed by atoms with E-state index >= 15 is 0 Å². The third kappa shape index (κ3) is 4.47. The number of thioether (sulfide) groups is 1. The average Bonchev–Trinajstić information content (AvgIpc) is 3.34. The zero-order chi connectivity index (χ0) is 25.4. The summed E-state index contributed by atoms with van der Waals surface area (Å²) in [5.74, 6) is -0.872. The van der Waals surface area contributed by atoms with Crippen molar-refractivity contribution in [1.82, 2.24) is 19.6 Å². The maximum atomic E-state index is 13.4. The molecule has 4 amide bonds. The van der Waals surface area contributed by atoms with Crippen LogP contribution in [0.1, 0.15) is 22.5 Å². The van der Waals surface area contributed by atoms with Crippen molar-refractivity contribution in [3.63, 3.8) is 0 Å². The van der Waals surface area contributed by atoms with Crippen LogP contribution in [-0.4, -0.2) is 54.2 Å². The molecule has 2 aliphatic heterocycles. The first kappa shape index (κ1) is 23.7. The van der Waals surface area contributed by atoms with Crippen molar-refractivity contribution in [3.05, 3.63) is 92.9 Å². The van der Waals surface area contributed by atoms with Crippen LogP contribution >= 0.6 is 11.8 Å². The lowest BCUT2D eigenvalue weighted by Crippen LogP contribution is -2.57. The van der Waals surface area contributed by atoms with E-state index in [9.17, 15) is 19.2 Å². The Morgan fingerprint density at radius 3 is 2.67 bits per heavy atom. The number of benzene rings is 1. The molecule has 1 unspecified atom stereocenters. The highest BCUT2D eigenvalue weighted by atomic mass is 32.2. The lowest BCUT2D eigenvalue weighted by atomic mass is 10.1. The van der Waals surface area contributed by atoms with Gasteiger partial charge < -0.3 is 5.32 Å². The average molecular weight is 503 g/mol. The second kappa shape index (κ2) is 9.54. The van der Waals surface area contributed by atoms with Gasteiger partial charge in [0.05, 0.1) is 5.69 Å². The van der Waals surface area contributed by atoms with Crippen molar-refractivity contribution in [2.75, 3.05) is 6.54 Å². The van der Waals surface area contributed by atoms with Crippen LogP contribution in [0.4, 0.5) is 4.79 Å². The minimum Gasteiger partial charge on any atom is -0.349 e. The fourth-order valence-corrected chi connectivity index (χ4v) is 5.23. The smallest absolute Gasteiger partial charge is 0.349 e. The summed E-state index contributed by atoms with van der Waals surface area (Å²) in [5.41, 5.74) is 3.93. The third-order valence-corrected chi connectivity index (χ3v) is 7.16. The van der Waals surface area contributed by atoms with Crippen molar-refractivity contribution >= 4 is 41.0 Å². The number of hydrogen-bond acceptors (Lipinski definition) is 6. The van der Waals surface area contributed by atoms with Gasteiger partial charge in [0.25, 0.3) is 11.5 Å². The maximum absolute atomic E-state index is 13.4. The number of hydrogen-bond donors (Lipinski definition) is 1. The highest BCUT2D eigenvalue weighted by Crippen LogP contribution is 2.28. The van der Waals surface area contributed by atoms with Gasteiger partial charge in [-0.3, -0.25) is 14.0 Å². The number of nitrogens with one attached hydrogen (secondary N) is 1. The number of fused-ring (bicyclic) bond motifs is 2. The van der Waals surface area contributed by atoms with Crippen molar-refractivity contribution in [1.29, 1.82) is 0 Å². The molecule has 10 heteroatoms. The van der Waals surface area contributed by atoms with Gasteiger partial charge in [0.1, 0.15) is 17.9 Å². The molecule has 3 aromatic rings. The van der Waals surface area contributed by atoms with E-state index in [0.717, 1.165) is 21.7 Å². The van der Waals surface area contributed by atoms with E-state index in [4.69, 9.17) is 0 Å². The van der Waals surface area contributed by atoms with Gasteiger partial charge in [-0.2, -0.15) is 9.37 Å². The van der Waals surface area contributed by atoms with Crippen LogP contribution in [-0.2, 0) is 22.7 Å². The van der Waals surface area contributed by atoms with Gasteiger partial charge in [0, 0.05) is 18.3 Å². The molecule has 1 atom stereocenters. The van der Waals surface area contributed by atoms with E-state index < -0.39 is 29.6 Å². The number of aromatic nitrogens is 2. The van der Waals surface area contributed by atoms with Crippen LogP contribution in [0.3, 0.4) is 0 Å². The van der Waals surface area contributed by atoms with Crippen LogP contribution < -0.4 is 10.9 Å². The summed E-state index contributed by atoms with van der Waals surface area (Å²) in [5, 5.41) is 3.90. The monoisotopic (exact) mass is 502 g/mol. The molecule has 0 bridgehead atoms. The van der Waals surface area contributed by atoms with Gasteiger partial charge in [-0.25, -0.2) is 9.78 Å². The number of allylic oxidation sites excluding steroid dienone is 1. The predicted octanol–water partition coefficient (Wildman–Crippen LogP) is 2.17. The van der Waals surface area contributed by atoms with Crippen LogP contribution in [0.5, 0.6) is 0 Å². The molecule has 9 nitrogen and oxygen atoms in total. The van der Waals surface area contributed by atoms with E-state index in [-0.39, 0.29) is 12.1 Å². The Bertz CT molecular complexity index is 1520. The molecule has 182 valence electrons. The van der Waals surface area contributed by atoms with Crippen molar-refractivity contribution < 1.29 is 19.0 Å². The minimum atomic E-state index is -0.628. The van der Waals surface area contributed by atoms with Gasteiger partial charge >= 0.3 is 11.9 Å². The third-order valence-electron chi connectivity index (χ3n) is 6.15. The van der Waals surface area contributed by atoms with Crippen LogP contribution in [0.2, 0.25) is 0 Å². The number of pyridine rings is 1. The first-order chi connectivity index (χ1) is 17.3. The van der Waals surface area contributed by atoms with Gasteiger partial charge in [-0.05, 0) is 43.0 Å². The summed E-state index contributed by atoms with van der Waals surface area (Å²) >= 11 is 1.28. The Kier molecular flexibility index (Phi) is 6.27. The van der Waals surface area contributed by atoms with Gasteiger partial charge in [0.2, 0.25) is 0 Å². The van der Waals surface area contributed by atoms with E-state index in [2.05, 4.69) is 10.3 Å². The highest BCUT2D eigenvalue weighted by Gasteiger charge is 2.49. The largest absolute Gasteiger partial charge is 0.501 e.